The van der Waals surface area contributed by atoms with Crippen LogP contribution in [0.5, 0.6) is 0 Å². The topological polar surface area (TPSA) is 43.8 Å². The number of anilines is 1. The lowest BCUT2D eigenvalue weighted by molar-refractivity contribution is -0.145. The molecular weight excluding hydrogens is 371 g/mol. The van der Waals surface area contributed by atoms with E-state index < -0.39 is 5.97 Å². The normalized spacial score (nSPS) is 30.7. The largest absolute Gasteiger partial charge is 0.481 e. The smallest absolute Gasteiger partial charge is 0.307 e. The minimum Gasteiger partial charge on any atom is -0.481 e. The number of halogens is 2. The average molecular weight is 395 g/mol. The summed E-state index contributed by atoms with van der Waals surface area (Å²) in [5, 5.41) is 10.8. The molecule has 1 aliphatic heterocycles. The molecule has 1 aromatic carbocycles. The van der Waals surface area contributed by atoms with Crippen LogP contribution in [0.25, 0.3) is 0 Å². The van der Waals surface area contributed by atoms with Gasteiger partial charge in [0.15, 0.2) is 0 Å². The highest BCUT2D eigenvalue weighted by atomic mass is 35.5. The third kappa shape index (κ3) is 3.07. The van der Waals surface area contributed by atoms with Crippen molar-refractivity contribution in [2.45, 2.75) is 19.3 Å². The predicted octanol–water partition coefficient (Wildman–Crippen LogP) is 4.38. The summed E-state index contributed by atoms with van der Waals surface area (Å²) in [6, 6.07) is 5.73. The lowest BCUT2D eigenvalue weighted by Crippen LogP contribution is -2.48. The Balaban J connectivity index is 1.42. The molecule has 1 N–H and O–H groups in total. The molecule has 4 atom stereocenters. The van der Waals surface area contributed by atoms with E-state index in [4.69, 9.17) is 23.2 Å². The first kappa shape index (κ1) is 18.0. The lowest BCUT2D eigenvalue weighted by atomic mass is 9.77. The molecule has 26 heavy (non-hydrogen) atoms. The van der Waals surface area contributed by atoms with Crippen LogP contribution in [-0.4, -0.2) is 42.2 Å². The van der Waals surface area contributed by atoms with E-state index in [-0.39, 0.29) is 11.8 Å². The number of carboxylic acids is 1. The van der Waals surface area contributed by atoms with Gasteiger partial charge in [0.25, 0.3) is 0 Å². The molecule has 1 saturated heterocycles. The summed E-state index contributed by atoms with van der Waals surface area (Å²) in [5.41, 5.74) is 2.12. The fourth-order valence-corrected chi connectivity index (χ4v) is 5.56. The van der Waals surface area contributed by atoms with Crippen molar-refractivity contribution in [2.75, 3.05) is 31.1 Å². The molecule has 0 spiro atoms. The van der Waals surface area contributed by atoms with Crippen LogP contribution in [-0.2, 0) is 4.79 Å². The quantitative estimate of drug-likeness (QED) is 0.822. The Morgan fingerprint density at radius 3 is 2.31 bits per heavy atom. The molecule has 140 valence electrons. The van der Waals surface area contributed by atoms with E-state index in [9.17, 15) is 9.90 Å². The maximum absolute atomic E-state index is 11.8. The van der Waals surface area contributed by atoms with E-state index in [1.807, 2.05) is 18.2 Å². The second-order valence-corrected chi connectivity index (χ2v) is 8.60. The van der Waals surface area contributed by atoms with Crippen molar-refractivity contribution in [3.05, 3.63) is 40.5 Å². The molecule has 2 saturated carbocycles. The predicted molar refractivity (Wildman–Crippen MR) is 105 cm³/mol. The highest BCUT2D eigenvalue weighted by molar-refractivity contribution is 6.42. The number of carbonyl (C=O) groups is 1. The average Bonchev–Trinajstić information content (AvgIpc) is 3.25. The van der Waals surface area contributed by atoms with Gasteiger partial charge < -0.3 is 14.9 Å². The molecule has 4 unspecified atom stereocenters. The van der Waals surface area contributed by atoms with Crippen LogP contribution in [0, 0.1) is 23.7 Å². The van der Waals surface area contributed by atoms with E-state index in [0.717, 1.165) is 56.8 Å². The van der Waals surface area contributed by atoms with Crippen LogP contribution in [0.3, 0.4) is 0 Å². The zero-order chi connectivity index (χ0) is 18.4. The van der Waals surface area contributed by atoms with Gasteiger partial charge in [-0.1, -0.05) is 29.8 Å². The second-order valence-electron chi connectivity index (χ2n) is 7.79. The van der Waals surface area contributed by atoms with Gasteiger partial charge in [-0.05, 0) is 49.3 Å². The highest BCUT2D eigenvalue weighted by Gasteiger charge is 2.52. The highest BCUT2D eigenvalue weighted by Crippen LogP contribution is 2.55. The first-order valence-corrected chi connectivity index (χ1v) is 10.1. The summed E-state index contributed by atoms with van der Waals surface area (Å²) in [7, 11) is 0. The Morgan fingerprint density at radius 1 is 1.04 bits per heavy atom. The molecule has 0 aromatic heterocycles. The van der Waals surface area contributed by atoms with Crippen molar-refractivity contribution in [2.24, 2.45) is 23.7 Å². The number of nitrogens with zero attached hydrogens (tertiary/aromatic N) is 2. The molecule has 0 radical (unpaired) electrons. The van der Waals surface area contributed by atoms with E-state index >= 15 is 0 Å². The zero-order valence-electron chi connectivity index (χ0n) is 14.7. The number of allylic oxidation sites excluding steroid dienone is 1. The standard InChI is InChI=1S/C20H24Cl2N2O2/c1-12(18-13-2-3-14(10-13)19(18)20(25)26)23-6-8-24(9-7-23)15-4-5-16(21)17(22)11-15/h4-5,11,13-14,18-19H,1-3,6-10H2,(H,25,26). The zero-order valence-corrected chi connectivity index (χ0v) is 16.2. The van der Waals surface area contributed by atoms with Crippen LogP contribution >= 0.6 is 23.2 Å². The summed E-state index contributed by atoms with van der Waals surface area (Å²) in [6.07, 6.45) is 3.28. The van der Waals surface area contributed by atoms with Gasteiger partial charge in [-0.15, -0.1) is 0 Å². The number of hydrogen-bond donors (Lipinski definition) is 1. The fraction of sp³-hybridized carbons (Fsp3) is 0.550. The van der Waals surface area contributed by atoms with Crippen LogP contribution in [0.2, 0.25) is 10.0 Å². The minimum atomic E-state index is -0.641. The molecule has 4 rings (SSSR count). The summed E-state index contributed by atoms with van der Waals surface area (Å²) >= 11 is 12.2. The Morgan fingerprint density at radius 2 is 1.69 bits per heavy atom. The Hall–Kier alpha value is -1.39. The summed E-state index contributed by atoms with van der Waals surface area (Å²) < 4.78 is 0. The Labute approximate surface area is 164 Å². The molecular formula is C20H24Cl2N2O2. The number of aliphatic carboxylic acids is 1. The van der Waals surface area contributed by atoms with E-state index in [1.165, 1.54) is 0 Å². The molecule has 3 fully saturated rings. The molecule has 6 heteroatoms. The molecule has 0 amide bonds. The van der Waals surface area contributed by atoms with Gasteiger partial charge >= 0.3 is 5.97 Å². The molecule has 2 aliphatic carbocycles. The number of piperazine rings is 1. The lowest BCUT2D eigenvalue weighted by Gasteiger charge is -2.42. The third-order valence-corrected chi connectivity index (χ3v) is 7.28. The first-order valence-electron chi connectivity index (χ1n) is 9.32. The summed E-state index contributed by atoms with van der Waals surface area (Å²) in [4.78, 5) is 16.4. The first-order chi connectivity index (χ1) is 12.5. The molecule has 4 nitrogen and oxygen atoms in total. The van der Waals surface area contributed by atoms with Gasteiger partial charge in [0.05, 0.1) is 16.0 Å². The van der Waals surface area contributed by atoms with Crippen molar-refractivity contribution in [3.8, 4) is 0 Å². The Bertz CT molecular complexity index is 731. The molecule has 2 bridgehead atoms. The van der Waals surface area contributed by atoms with Crippen LogP contribution in [0.15, 0.2) is 30.5 Å². The van der Waals surface area contributed by atoms with Crippen molar-refractivity contribution < 1.29 is 9.90 Å². The summed E-state index contributed by atoms with van der Waals surface area (Å²) in [6.45, 7) is 7.80. The number of hydrogen-bond acceptors (Lipinski definition) is 3. The molecule has 3 aliphatic rings. The van der Waals surface area contributed by atoms with Gasteiger partial charge in [-0.2, -0.15) is 0 Å². The molecule has 1 heterocycles. The van der Waals surface area contributed by atoms with Gasteiger partial charge in [-0.3, -0.25) is 4.79 Å². The van der Waals surface area contributed by atoms with Gasteiger partial charge in [0, 0.05) is 43.5 Å². The molecule has 1 aromatic rings. The fourth-order valence-electron chi connectivity index (χ4n) is 5.27. The van der Waals surface area contributed by atoms with Crippen molar-refractivity contribution in [3.63, 3.8) is 0 Å². The van der Waals surface area contributed by atoms with Crippen molar-refractivity contribution >= 4 is 34.9 Å². The number of fused-ring (bicyclic) bond motifs is 2. The second kappa shape index (κ2) is 6.97. The van der Waals surface area contributed by atoms with Gasteiger partial charge in [0.1, 0.15) is 0 Å². The maximum atomic E-state index is 11.8. The SMILES string of the molecule is C=C(C1C2CCC(C2)C1C(=O)O)N1CCN(c2ccc(Cl)c(Cl)c2)CC1. The van der Waals surface area contributed by atoms with E-state index in [1.54, 1.807) is 0 Å². The number of benzene rings is 1. The van der Waals surface area contributed by atoms with E-state index in [2.05, 4.69) is 16.4 Å². The third-order valence-electron chi connectivity index (χ3n) is 6.54. The van der Waals surface area contributed by atoms with Crippen molar-refractivity contribution in [1.29, 1.82) is 0 Å². The number of carboxylic acid groups (broad SMARTS) is 1. The summed E-state index contributed by atoms with van der Waals surface area (Å²) in [5.74, 6) is 0.0772. The van der Waals surface area contributed by atoms with Gasteiger partial charge in [0.2, 0.25) is 0 Å². The Kier molecular flexibility index (Phi) is 4.83. The maximum Gasteiger partial charge on any atom is 0.307 e. The van der Waals surface area contributed by atoms with Gasteiger partial charge in [-0.25, -0.2) is 0 Å². The minimum absolute atomic E-state index is 0.114. The van der Waals surface area contributed by atoms with Crippen LogP contribution in [0.1, 0.15) is 19.3 Å². The van der Waals surface area contributed by atoms with Crippen LogP contribution in [0.4, 0.5) is 5.69 Å². The number of rotatable bonds is 4. The monoisotopic (exact) mass is 394 g/mol. The van der Waals surface area contributed by atoms with E-state index in [0.29, 0.717) is 21.9 Å². The van der Waals surface area contributed by atoms with Crippen molar-refractivity contribution in [1.82, 2.24) is 4.90 Å². The van der Waals surface area contributed by atoms with Crippen LogP contribution < -0.4 is 4.90 Å².